The largest absolute Gasteiger partial charge is 0.444 e. The number of ether oxygens (including phenoxy) is 1. The molecule has 5 rings (SSSR count). The number of carbonyl (C=O) groups is 2. The van der Waals surface area contributed by atoms with Gasteiger partial charge in [0.2, 0.25) is 0 Å². The van der Waals surface area contributed by atoms with Crippen LogP contribution in [0.5, 0.6) is 0 Å². The van der Waals surface area contributed by atoms with Crippen LogP contribution in [0.3, 0.4) is 0 Å². The van der Waals surface area contributed by atoms with Crippen molar-refractivity contribution in [3.8, 4) is 6.07 Å². The molecule has 9 heteroatoms. The number of nitrogens with zero attached hydrogens (tertiary/aromatic N) is 2. The first-order valence-corrected chi connectivity index (χ1v) is 13.0. The fraction of sp³-hybridized carbons (Fsp3) is 0.226. The Balaban J connectivity index is 1.75. The number of hydrogen-bond acceptors (Lipinski definition) is 6. The third-order valence-corrected chi connectivity index (χ3v) is 7.00. The predicted molar refractivity (Wildman–Crippen MR) is 151 cm³/mol. The number of nitriles is 1. The molecule has 2 amide bonds. The number of hydrogen-bond donors (Lipinski definition) is 1. The average molecular weight is 556 g/mol. The van der Waals surface area contributed by atoms with E-state index in [4.69, 9.17) is 20.8 Å². The lowest BCUT2D eigenvalue weighted by molar-refractivity contribution is -0.124. The molecule has 0 spiro atoms. The van der Waals surface area contributed by atoms with Gasteiger partial charge in [-0.15, -0.1) is 0 Å². The molecule has 0 unspecified atom stereocenters. The first kappa shape index (κ1) is 27.0. The van der Waals surface area contributed by atoms with Gasteiger partial charge in [-0.25, -0.2) is 9.59 Å². The molecule has 2 heterocycles. The number of halogens is 1. The number of alkyl carbamates (subject to hydrolysis) is 1. The smallest absolute Gasteiger partial charge is 0.408 e. The Morgan fingerprint density at radius 2 is 1.75 bits per heavy atom. The summed E-state index contributed by atoms with van der Waals surface area (Å²) in [7, 11) is 0. The molecule has 0 fully saturated rings. The van der Waals surface area contributed by atoms with Crippen LogP contribution in [0.1, 0.15) is 43.0 Å². The SMILES string of the molecule is CC(C)(C)OC(=O)N[C@@]1(Cc2c(C#N)c(=O)oc3ccccc23)C(=O)N(Cc2ccccc2)c2c(Cl)cccc21. The molecule has 1 aliphatic rings. The predicted octanol–water partition coefficient (Wildman–Crippen LogP) is 5.83. The summed E-state index contributed by atoms with van der Waals surface area (Å²) >= 11 is 6.69. The van der Waals surface area contributed by atoms with E-state index in [9.17, 15) is 19.6 Å². The van der Waals surface area contributed by atoms with E-state index in [0.29, 0.717) is 21.7 Å². The van der Waals surface area contributed by atoms with E-state index in [1.54, 1.807) is 63.2 Å². The maximum atomic E-state index is 14.6. The van der Waals surface area contributed by atoms with Gasteiger partial charge in [0.05, 0.1) is 17.3 Å². The quantitative estimate of drug-likeness (QED) is 0.310. The van der Waals surface area contributed by atoms with Crippen LogP contribution in [0, 0.1) is 11.3 Å². The maximum Gasteiger partial charge on any atom is 0.408 e. The molecular weight excluding hydrogens is 530 g/mol. The minimum atomic E-state index is -1.75. The monoisotopic (exact) mass is 555 g/mol. The molecule has 0 bridgehead atoms. The van der Waals surface area contributed by atoms with Gasteiger partial charge < -0.3 is 19.4 Å². The molecule has 8 nitrogen and oxygen atoms in total. The van der Waals surface area contributed by atoms with Crippen LogP contribution in [0.4, 0.5) is 10.5 Å². The highest BCUT2D eigenvalue weighted by atomic mass is 35.5. The van der Waals surface area contributed by atoms with Crippen molar-refractivity contribution in [3.05, 3.63) is 110 Å². The van der Waals surface area contributed by atoms with Crippen molar-refractivity contribution in [1.82, 2.24) is 5.32 Å². The second kappa shape index (κ2) is 10.2. The van der Waals surface area contributed by atoms with Gasteiger partial charge in [-0.05, 0) is 44.0 Å². The summed E-state index contributed by atoms with van der Waals surface area (Å²) in [6.45, 7) is 5.32. The lowest BCUT2D eigenvalue weighted by Crippen LogP contribution is -2.55. The fourth-order valence-corrected chi connectivity index (χ4v) is 5.36. The Hall–Kier alpha value is -4.61. The normalized spacial score (nSPS) is 16.5. The second-order valence-corrected chi connectivity index (χ2v) is 11.0. The van der Waals surface area contributed by atoms with Crippen molar-refractivity contribution in [1.29, 1.82) is 5.26 Å². The molecule has 0 saturated carbocycles. The molecular formula is C31H26ClN3O5. The van der Waals surface area contributed by atoms with Crippen molar-refractivity contribution in [2.75, 3.05) is 4.90 Å². The summed E-state index contributed by atoms with van der Waals surface area (Å²) in [5.41, 5.74) is -1.46. The molecule has 0 radical (unpaired) electrons. The summed E-state index contributed by atoms with van der Waals surface area (Å²) in [6.07, 6.45) is -1.06. The van der Waals surface area contributed by atoms with E-state index in [1.807, 2.05) is 36.4 Å². The van der Waals surface area contributed by atoms with E-state index in [0.717, 1.165) is 5.56 Å². The molecule has 0 saturated heterocycles. The van der Waals surface area contributed by atoms with Crippen molar-refractivity contribution in [2.24, 2.45) is 0 Å². The van der Waals surface area contributed by atoms with Crippen LogP contribution >= 0.6 is 11.6 Å². The first-order chi connectivity index (χ1) is 19.0. The number of carbonyl (C=O) groups excluding carboxylic acids is 2. The Morgan fingerprint density at radius 1 is 1.05 bits per heavy atom. The number of rotatable bonds is 5. The van der Waals surface area contributed by atoms with E-state index >= 15 is 0 Å². The van der Waals surface area contributed by atoms with Gasteiger partial charge in [-0.3, -0.25) is 4.79 Å². The van der Waals surface area contributed by atoms with Gasteiger partial charge in [0.25, 0.3) is 5.91 Å². The zero-order valence-electron chi connectivity index (χ0n) is 22.2. The third kappa shape index (κ3) is 4.80. The maximum absolute atomic E-state index is 14.6. The molecule has 40 heavy (non-hydrogen) atoms. The van der Waals surface area contributed by atoms with Crippen LogP contribution < -0.4 is 15.8 Å². The Bertz CT molecular complexity index is 1740. The van der Waals surface area contributed by atoms with E-state index in [2.05, 4.69) is 5.32 Å². The zero-order chi connectivity index (χ0) is 28.7. The summed E-state index contributed by atoms with van der Waals surface area (Å²) in [4.78, 5) is 42.3. The molecule has 1 atom stereocenters. The molecule has 0 aliphatic carbocycles. The lowest BCUT2D eigenvalue weighted by Gasteiger charge is -2.32. The van der Waals surface area contributed by atoms with Crippen molar-refractivity contribution in [3.63, 3.8) is 0 Å². The van der Waals surface area contributed by atoms with Crippen LogP contribution in [-0.2, 0) is 28.0 Å². The highest BCUT2D eigenvalue weighted by Crippen LogP contribution is 2.47. The minimum absolute atomic E-state index is 0.178. The highest BCUT2D eigenvalue weighted by Gasteiger charge is 2.54. The summed E-state index contributed by atoms with van der Waals surface area (Å²) in [5.74, 6) is -0.480. The number of anilines is 1. The number of fused-ring (bicyclic) bond motifs is 2. The lowest BCUT2D eigenvalue weighted by atomic mass is 9.82. The molecule has 1 aliphatic heterocycles. The first-order valence-electron chi connectivity index (χ1n) is 12.6. The Kier molecular flexibility index (Phi) is 6.86. The summed E-state index contributed by atoms with van der Waals surface area (Å²) in [5, 5.41) is 13.6. The van der Waals surface area contributed by atoms with E-state index in [-0.39, 0.29) is 29.7 Å². The van der Waals surface area contributed by atoms with Gasteiger partial charge in [0, 0.05) is 17.4 Å². The number of amides is 2. The molecule has 202 valence electrons. The van der Waals surface area contributed by atoms with Gasteiger partial charge in [0.1, 0.15) is 22.8 Å². The van der Waals surface area contributed by atoms with Crippen molar-refractivity contribution >= 4 is 40.3 Å². The fourth-order valence-electron chi connectivity index (χ4n) is 5.09. The van der Waals surface area contributed by atoms with Gasteiger partial charge in [-0.2, -0.15) is 5.26 Å². The van der Waals surface area contributed by atoms with Crippen molar-refractivity contribution in [2.45, 2.75) is 44.9 Å². The topological polar surface area (TPSA) is 113 Å². The average Bonchev–Trinajstić information content (AvgIpc) is 3.12. The summed E-state index contributed by atoms with van der Waals surface area (Å²) in [6, 6.07) is 23.1. The molecule has 1 N–H and O–H groups in total. The minimum Gasteiger partial charge on any atom is -0.444 e. The Morgan fingerprint density at radius 3 is 2.45 bits per heavy atom. The van der Waals surface area contributed by atoms with Crippen LogP contribution in [0.2, 0.25) is 5.02 Å². The number of nitrogens with one attached hydrogen (secondary N) is 1. The van der Waals surface area contributed by atoms with Crippen LogP contribution in [-0.4, -0.2) is 17.6 Å². The zero-order valence-corrected chi connectivity index (χ0v) is 22.9. The van der Waals surface area contributed by atoms with Crippen LogP contribution in [0.15, 0.2) is 82.0 Å². The van der Waals surface area contributed by atoms with Crippen LogP contribution in [0.25, 0.3) is 11.0 Å². The number of para-hydroxylation sites is 2. The molecule has 3 aromatic carbocycles. The van der Waals surface area contributed by atoms with Gasteiger partial charge in [-0.1, -0.05) is 72.3 Å². The second-order valence-electron chi connectivity index (χ2n) is 10.6. The van der Waals surface area contributed by atoms with E-state index < -0.39 is 28.8 Å². The highest BCUT2D eigenvalue weighted by molar-refractivity contribution is 6.35. The molecule has 4 aromatic rings. The summed E-state index contributed by atoms with van der Waals surface area (Å²) < 4.78 is 11.0. The van der Waals surface area contributed by atoms with Gasteiger partial charge >= 0.3 is 11.7 Å². The van der Waals surface area contributed by atoms with Gasteiger partial charge in [0.15, 0.2) is 5.54 Å². The third-order valence-electron chi connectivity index (χ3n) is 6.70. The van der Waals surface area contributed by atoms with E-state index in [1.165, 1.54) is 4.90 Å². The number of benzene rings is 3. The van der Waals surface area contributed by atoms with Crippen molar-refractivity contribution < 1.29 is 18.7 Å². The molecule has 1 aromatic heterocycles. The standard InChI is InChI=1S/C31H26ClN3O5/c1-30(2,3)40-29(38)34-31(16-21-20-12-7-8-15-25(20)39-27(36)22(21)17-33)23-13-9-14-24(32)26(23)35(28(31)37)18-19-10-5-4-6-11-19/h4-15H,16,18H2,1-3H3,(H,34,38)/t31-/m1/s1. The Labute approximate surface area is 235 Å².